The molecule has 3 aromatic carbocycles. The van der Waals surface area contributed by atoms with Gasteiger partial charge >= 0.3 is 0 Å². The summed E-state index contributed by atoms with van der Waals surface area (Å²) in [6.07, 6.45) is 0. The number of carbonyl (C=O) groups is 2. The molecule has 6 heteroatoms. The average molecular weight is 428 g/mol. The van der Waals surface area contributed by atoms with E-state index >= 15 is 0 Å². The fourth-order valence-electron chi connectivity index (χ4n) is 3.21. The zero-order valence-corrected chi connectivity index (χ0v) is 18.5. The van der Waals surface area contributed by atoms with Crippen LogP contribution in [0.3, 0.4) is 0 Å². The number of carbonyl (C=O) groups excluding carboxylic acids is 2. The molecule has 0 aliphatic carbocycles. The van der Waals surface area contributed by atoms with Crippen molar-refractivity contribution in [1.82, 2.24) is 4.98 Å². The number of amides is 2. The van der Waals surface area contributed by atoms with E-state index in [0.29, 0.717) is 39.5 Å². The van der Waals surface area contributed by atoms with Gasteiger partial charge in [0.1, 0.15) is 5.52 Å². The molecule has 0 spiro atoms. The minimum atomic E-state index is -0.279. The molecule has 0 fully saturated rings. The van der Waals surface area contributed by atoms with E-state index in [1.807, 2.05) is 52.0 Å². The lowest BCUT2D eigenvalue weighted by Gasteiger charge is -2.11. The Labute approximate surface area is 186 Å². The number of rotatable bonds is 4. The predicted molar refractivity (Wildman–Crippen MR) is 126 cm³/mol. The molecule has 0 aliphatic heterocycles. The van der Waals surface area contributed by atoms with Crippen molar-refractivity contribution in [1.29, 1.82) is 0 Å². The van der Waals surface area contributed by atoms with Crippen molar-refractivity contribution in [2.75, 3.05) is 10.6 Å². The number of hydrogen-bond donors (Lipinski definition) is 2. The molecule has 1 heterocycles. The maximum Gasteiger partial charge on any atom is 0.255 e. The minimum Gasteiger partial charge on any atom is -0.440 e. The van der Waals surface area contributed by atoms with Gasteiger partial charge in [0, 0.05) is 27.9 Å². The second kappa shape index (κ2) is 8.30. The Bertz CT molecular complexity index is 1300. The number of hydrogen-bond acceptors (Lipinski definition) is 4. The predicted octanol–water partition coefficient (Wildman–Crippen LogP) is 5.94. The van der Waals surface area contributed by atoms with Crippen molar-refractivity contribution in [3.63, 3.8) is 0 Å². The van der Waals surface area contributed by atoms with Crippen LogP contribution in [0.25, 0.3) is 11.1 Å². The highest BCUT2D eigenvalue weighted by Gasteiger charge is 2.21. The fourth-order valence-corrected chi connectivity index (χ4v) is 3.21. The summed E-state index contributed by atoms with van der Waals surface area (Å²) in [5, 5.41) is 5.78. The van der Waals surface area contributed by atoms with E-state index in [0.717, 1.165) is 5.56 Å². The van der Waals surface area contributed by atoms with Crippen molar-refractivity contribution in [3.05, 3.63) is 89.3 Å². The number of nitrogens with one attached hydrogen (secondary N) is 2. The van der Waals surface area contributed by atoms with E-state index in [2.05, 4.69) is 15.6 Å². The quantitative estimate of drug-likeness (QED) is 0.422. The van der Waals surface area contributed by atoms with E-state index in [-0.39, 0.29) is 17.2 Å². The van der Waals surface area contributed by atoms with Crippen molar-refractivity contribution < 1.29 is 14.0 Å². The van der Waals surface area contributed by atoms with Gasteiger partial charge in [0.2, 0.25) is 5.89 Å². The monoisotopic (exact) mass is 427 g/mol. The molecule has 6 nitrogen and oxygen atoms in total. The lowest BCUT2D eigenvalue weighted by atomic mass is 9.97. The number of nitrogens with zero attached hydrogens (tertiary/aromatic N) is 1. The Hall–Kier alpha value is -3.93. The molecule has 2 N–H and O–H groups in total. The fraction of sp³-hybridized carbons (Fsp3) is 0.192. The van der Waals surface area contributed by atoms with Crippen molar-refractivity contribution in [2.45, 2.75) is 33.1 Å². The smallest absolute Gasteiger partial charge is 0.255 e. The molecular formula is C26H25N3O3. The van der Waals surface area contributed by atoms with Crippen LogP contribution in [0.15, 0.2) is 71.1 Å². The molecule has 0 saturated carbocycles. The molecule has 0 atom stereocenters. The molecule has 0 bridgehead atoms. The van der Waals surface area contributed by atoms with E-state index in [4.69, 9.17) is 4.42 Å². The molecule has 1 aromatic heterocycles. The molecule has 0 saturated heterocycles. The molecule has 0 aliphatic rings. The lowest BCUT2D eigenvalue weighted by molar-refractivity contribution is 0.101. The van der Waals surface area contributed by atoms with Crippen LogP contribution in [0.5, 0.6) is 0 Å². The molecule has 4 rings (SSSR count). The number of fused-ring (bicyclic) bond motifs is 1. The van der Waals surface area contributed by atoms with Crippen LogP contribution in [0.4, 0.5) is 11.4 Å². The first kappa shape index (κ1) is 21.3. The summed E-state index contributed by atoms with van der Waals surface area (Å²) in [7, 11) is 0. The third kappa shape index (κ3) is 4.54. The number of aromatic nitrogens is 1. The summed E-state index contributed by atoms with van der Waals surface area (Å²) in [5.41, 5.74) is 4.23. The first-order chi connectivity index (χ1) is 15.2. The first-order valence-electron chi connectivity index (χ1n) is 10.4. The topological polar surface area (TPSA) is 84.2 Å². The molecule has 4 aromatic rings. The van der Waals surface area contributed by atoms with Crippen molar-refractivity contribution in [3.8, 4) is 0 Å². The zero-order chi connectivity index (χ0) is 22.9. The Balaban J connectivity index is 1.53. The van der Waals surface area contributed by atoms with E-state index in [1.165, 1.54) is 0 Å². The van der Waals surface area contributed by atoms with Crippen LogP contribution in [0.1, 0.15) is 52.9 Å². The van der Waals surface area contributed by atoms with E-state index < -0.39 is 0 Å². The first-order valence-corrected chi connectivity index (χ1v) is 10.4. The molecule has 32 heavy (non-hydrogen) atoms. The maximum absolute atomic E-state index is 12.9. The third-order valence-corrected chi connectivity index (χ3v) is 5.07. The van der Waals surface area contributed by atoms with Gasteiger partial charge in [-0.05, 0) is 55.0 Å². The van der Waals surface area contributed by atoms with Crippen molar-refractivity contribution >= 4 is 34.3 Å². The number of oxazole rings is 1. The van der Waals surface area contributed by atoms with Gasteiger partial charge in [0.25, 0.3) is 11.8 Å². The summed E-state index contributed by atoms with van der Waals surface area (Å²) in [6, 6.07) is 19.5. The average Bonchev–Trinajstić information content (AvgIpc) is 3.20. The summed E-state index contributed by atoms with van der Waals surface area (Å²) < 4.78 is 5.82. The molecule has 2 amide bonds. The highest BCUT2D eigenvalue weighted by atomic mass is 16.3. The van der Waals surface area contributed by atoms with Crippen LogP contribution >= 0.6 is 0 Å². The van der Waals surface area contributed by atoms with Crippen LogP contribution in [0, 0.1) is 6.92 Å². The van der Waals surface area contributed by atoms with E-state index in [1.54, 1.807) is 42.5 Å². The standard InChI is InChI=1S/C26H25N3O3/c1-16-10-11-18(14-20(16)28-23(30)17-8-6-5-7-9-17)24(31)27-19-12-13-22-21(15-19)29-25(32-22)26(2,3)4/h5-15H,1-4H3,(H,27,31)(H,28,30). The minimum absolute atomic E-state index is 0.203. The van der Waals surface area contributed by atoms with Gasteiger partial charge in [-0.25, -0.2) is 4.98 Å². The van der Waals surface area contributed by atoms with Gasteiger partial charge in [-0.3, -0.25) is 9.59 Å². The van der Waals surface area contributed by atoms with Gasteiger partial charge < -0.3 is 15.1 Å². The van der Waals surface area contributed by atoms with Gasteiger partial charge in [-0.1, -0.05) is 45.0 Å². The van der Waals surface area contributed by atoms with Crippen molar-refractivity contribution in [2.24, 2.45) is 0 Å². The Morgan fingerprint density at radius 1 is 0.844 bits per heavy atom. The van der Waals surface area contributed by atoms with Gasteiger partial charge in [-0.2, -0.15) is 0 Å². The highest BCUT2D eigenvalue weighted by molar-refractivity contribution is 6.08. The summed E-state index contributed by atoms with van der Waals surface area (Å²) >= 11 is 0. The molecule has 0 radical (unpaired) electrons. The van der Waals surface area contributed by atoms with E-state index in [9.17, 15) is 9.59 Å². The van der Waals surface area contributed by atoms with Crippen LogP contribution in [-0.2, 0) is 5.41 Å². The molecular weight excluding hydrogens is 402 g/mol. The Morgan fingerprint density at radius 3 is 2.28 bits per heavy atom. The lowest BCUT2D eigenvalue weighted by Crippen LogP contribution is -2.15. The normalized spacial score (nSPS) is 11.4. The largest absolute Gasteiger partial charge is 0.440 e. The SMILES string of the molecule is Cc1ccc(C(=O)Nc2ccc3oc(C(C)(C)C)nc3c2)cc1NC(=O)c1ccccc1. The van der Waals surface area contributed by atoms with Gasteiger partial charge in [0.15, 0.2) is 5.58 Å². The van der Waals surface area contributed by atoms with Crippen LogP contribution < -0.4 is 10.6 Å². The summed E-state index contributed by atoms with van der Waals surface area (Å²) in [4.78, 5) is 29.9. The van der Waals surface area contributed by atoms with Gasteiger partial charge in [0.05, 0.1) is 0 Å². The van der Waals surface area contributed by atoms with Crippen LogP contribution in [0.2, 0.25) is 0 Å². The number of benzene rings is 3. The number of aryl methyl sites for hydroxylation is 1. The Morgan fingerprint density at radius 2 is 1.56 bits per heavy atom. The Kier molecular flexibility index (Phi) is 5.53. The maximum atomic E-state index is 12.9. The summed E-state index contributed by atoms with van der Waals surface area (Å²) in [6.45, 7) is 7.98. The van der Waals surface area contributed by atoms with Gasteiger partial charge in [-0.15, -0.1) is 0 Å². The second-order valence-electron chi connectivity index (χ2n) is 8.76. The second-order valence-corrected chi connectivity index (χ2v) is 8.76. The zero-order valence-electron chi connectivity index (χ0n) is 18.5. The summed E-state index contributed by atoms with van der Waals surface area (Å²) in [5.74, 6) is 0.143. The third-order valence-electron chi connectivity index (χ3n) is 5.07. The van der Waals surface area contributed by atoms with Crippen LogP contribution in [-0.4, -0.2) is 16.8 Å². The highest BCUT2D eigenvalue weighted by Crippen LogP contribution is 2.27. The molecule has 0 unspecified atom stereocenters. The number of anilines is 2. The molecule has 162 valence electrons.